The van der Waals surface area contributed by atoms with Crippen molar-refractivity contribution in [3.05, 3.63) is 336 Å². The number of fused-ring (bicyclic) bond motifs is 24. The molecule has 8 bridgehead atoms. The van der Waals surface area contributed by atoms with E-state index >= 15 is 0 Å². The molecule has 0 aliphatic carbocycles. The molecule has 0 atom stereocenters. The minimum Gasteiger partial charge on any atom is -0.357 e. The van der Waals surface area contributed by atoms with E-state index in [1.165, 1.54) is 146 Å². The second-order valence-corrected chi connectivity index (χ2v) is 32.7. The molecule has 0 spiro atoms. The van der Waals surface area contributed by atoms with Gasteiger partial charge in [0.25, 0.3) is 0 Å². The first-order valence-electron chi connectivity index (χ1n) is 40.9. The number of hydrogen-bond acceptors (Lipinski definition) is 6. The van der Waals surface area contributed by atoms with Gasteiger partial charge in [-0.3, -0.25) is 0 Å². The number of alkyl halides is 24. The van der Waals surface area contributed by atoms with Crippen molar-refractivity contribution >= 4 is 87.2 Å². The molecule has 0 radical (unpaired) electrons. The van der Waals surface area contributed by atoms with Crippen LogP contribution < -0.4 is 9.97 Å². The van der Waals surface area contributed by atoms with E-state index in [0.717, 1.165) is 146 Å². The van der Waals surface area contributed by atoms with Gasteiger partial charge < -0.3 is 29.9 Å². The molecule has 0 saturated carbocycles. The van der Waals surface area contributed by atoms with Gasteiger partial charge in [0.1, 0.15) is 0 Å². The van der Waals surface area contributed by atoms with E-state index in [1.54, 1.807) is 0 Å². The number of hydrogen-bond donors (Lipinski definition) is 0. The van der Waals surface area contributed by atoms with E-state index in [4.69, 9.17) is 39.9 Å². The molecule has 3 aromatic heterocycles. The fourth-order valence-electron chi connectivity index (χ4n) is 17.7. The Balaban J connectivity index is 0.0000116. The quantitative estimate of drug-likeness (QED) is 0.109. The van der Waals surface area contributed by atoms with Gasteiger partial charge in [0.05, 0.1) is 67.8 Å². The van der Waals surface area contributed by atoms with E-state index in [-0.39, 0.29) is 241 Å². The van der Waals surface area contributed by atoms with Crippen LogP contribution in [-0.2, 0) is 68.9 Å². The van der Waals surface area contributed by atoms with Crippen molar-refractivity contribution in [1.29, 1.82) is 0 Å². The number of rotatable bonds is 8. The van der Waals surface area contributed by atoms with Crippen LogP contribution in [0.4, 0.5) is 105 Å². The molecule has 2 aliphatic rings. The van der Waals surface area contributed by atoms with Crippen LogP contribution in [0.5, 0.6) is 0 Å². The molecule has 0 N–H and O–H groups in total. The Morgan fingerprint density at radius 2 is 0.285 bits per heavy atom. The predicted molar refractivity (Wildman–Crippen MR) is 468 cm³/mol. The molecule has 16 aromatic carbocycles. The Hall–Kier alpha value is -15.1. The molecule has 0 fully saturated rings. The molecule has 0 unspecified atom stereocenters. The van der Waals surface area contributed by atoms with Crippen LogP contribution in [0.25, 0.3) is 222 Å². The molecule has 19 aromatic rings. The molecule has 2 aliphatic heterocycles. The molecule has 8 nitrogen and oxygen atoms in total. The fourth-order valence-corrected chi connectivity index (χ4v) is 17.7. The van der Waals surface area contributed by atoms with Crippen LogP contribution in [0.2, 0.25) is 0 Å². The Morgan fingerprint density at radius 3 is 0.423 bits per heavy atom. The zero-order valence-corrected chi connectivity index (χ0v) is 72.0. The Kier molecular flexibility index (Phi) is 21.0. The first-order chi connectivity index (χ1) is 64.3. The first kappa shape index (κ1) is 89.7. The monoisotopic (exact) mass is 1930 g/mol. The summed E-state index contributed by atoms with van der Waals surface area (Å²) in [6, 6.07) is 55.8. The molecule has 674 valence electrons. The fraction of sp³-hybridized carbons (Fsp3) is 0.0769. The van der Waals surface area contributed by atoms with Crippen LogP contribution >= 0.6 is 0 Å². The van der Waals surface area contributed by atoms with E-state index in [2.05, 4.69) is 0 Å². The average molecular weight is 1930 g/mol. The SMILES string of the molecule is FC(F)(F)c1cccc(-c2cc3cc4c(cc3cc2-c2cccc(C(F)(F)F)c2)-c2nc-4nc3[n-]c(nc4nc(nc5[n-]c(n2)c2cc6cc(-c7cccc(C(F)(F)F)c7)c(-c7cccc(C(F)(F)F)c7)cc6cc52)-c2cc5cc(-c6cccc(C(F)(F)F)c6)c(-c6cccc(C(F)(F)F)c6)cc5cc2-4)c2cc4cc(-c5cccc(C(F)(F)F)c5)c(-c5cccc(C(F)(F)F)c5)cc4cc32)c1.[Zn+2]. The van der Waals surface area contributed by atoms with Crippen molar-refractivity contribution in [2.24, 2.45) is 0 Å². The summed E-state index contributed by atoms with van der Waals surface area (Å²) in [5.74, 6) is -1.09. The van der Waals surface area contributed by atoms with Crippen molar-refractivity contribution in [2.75, 3.05) is 0 Å². The normalized spacial score (nSPS) is 12.9. The summed E-state index contributed by atoms with van der Waals surface area (Å²) in [5.41, 5.74) is -10.8. The van der Waals surface area contributed by atoms with Crippen LogP contribution in [0.15, 0.2) is 291 Å². The zero-order valence-electron chi connectivity index (χ0n) is 69.1. The van der Waals surface area contributed by atoms with Gasteiger partial charge in [-0.1, -0.05) is 97.1 Å². The Labute approximate surface area is 767 Å². The summed E-state index contributed by atoms with van der Waals surface area (Å²) in [5, 5.41) is 1.75. The molecule has 21 rings (SSSR count). The predicted octanol–water partition coefficient (Wildman–Crippen LogP) is 32.2. The van der Waals surface area contributed by atoms with Gasteiger partial charge in [0, 0.05) is 44.8 Å². The number of aromatic nitrogens is 8. The third-order valence-electron chi connectivity index (χ3n) is 24.1. The van der Waals surface area contributed by atoms with E-state index in [9.17, 15) is 105 Å². The summed E-state index contributed by atoms with van der Waals surface area (Å²) in [4.78, 5) is 41.0. The van der Waals surface area contributed by atoms with Gasteiger partial charge in [-0.25, -0.2) is 9.97 Å². The first-order valence-corrected chi connectivity index (χ1v) is 40.9. The standard InChI is InChI=1S/C104H48F24N8.Zn/c105-97(106,107)65-17-1-9-49(25-65)73-33-57-41-81-82(42-58(57)34-74(73)50-10-2-18-66(26-50)98(108,109)110)90-129-89(81)133-91-83-43-59-35-75(51-11-3-19-67(27-51)99(111,112)113)76(52-12-4-20-68(28-52)100(114,115)116)36-60(59)44-84(83)93(130-91)135-95-87-47-63-39-79(55-15-7-23-71(31-55)103(123,124)125)80(56-16-8-24-72(32-56)104(126,127)128)40-64(63)48-88(87)96(132-95)136-94-86-46-62-38-78(54-14-6-22-70(30-54)102(120,121)122)77(37-61(62)45-85(86)92(131-94)134-90)53-13-5-21-69(29-53)101(117,118)119;/h1-48H;/q-2;+2. The van der Waals surface area contributed by atoms with Gasteiger partial charge in [0.15, 0.2) is 0 Å². The molecular weight excluding hydrogens is 1880 g/mol. The largest absolute Gasteiger partial charge is 2.00 e. The number of nitrogens with zero attached hydrogens (tertiary/aromatic N) is 8. The van der Waals surface area contributed by atoms with Crippen LogP contribution in [0.1, 0.15) is 44.5 Å². The number of halogens is 24. The molecular formula is C104H48F24N8Zn. The topological polar surface area (TPSA) is 106 Å². The van der Waals surface area contributed by atoms with Crippen LogP contribution in [0, 0.1) is 0 Å². The van der Waals surface area contributed by atoms with Crippen LogP contribution in [-0.4, -0.2) is 29.9 Å². The van der Waals surface area contributed by atoms with E-state index in [1.807, 2.05) is 0 Å². The maximum atomic E-state index is 14.8. The van der Waals surface area contributed by atoms with Crippen molar-refractivity contribution in [3.8, 4) is 135 Å². The maximum absolute atomic E-state index is 14.8. The van der Waals surface area contributed by atoms with Crippen molar-refractivity contribution in [1.82, 2.24) is 39.9 Å². The zero-order chi connectivity index (χ0) is 95.3. The second kappa shape index (κ2) is 32.0. The summed E-state index contributed by atoms with van der Waals surface area (Å²) in [6.45, 7) is 0. The summed E-state index contributed by atoms with van der Waals surface area (Å²) < 4.78 is 355. The Morgan fingerprint density at radius 1 is 0.153 bits per heavy atom. The molecule has 33 heteroatoms. The van der Waals surface area contributed by atoms with Gasteiger partial charge in [0.2, 0.25) is 0 Å². The maximum Gasteiger partial charge on any atom is 2.00 e. The minimum absolute atomic E-state index is 0. The summed E-state index contributed by atoms with van der Waals surface area (Å²) in [7, 11) is 0. The van der Waals surface area contributed by atoms with Crippen molar-refractivity contribution in [3.63, 3.8) is 0 Å². The molecule has 137 heavy (non-hydrogen) atoms. The third kappa shape index (κ3) is 16.6. The smallest absolute Gasteiger partial charge is 0.357 e. The van der Waals surface area contributed by atoms with Gasteiger partial charge >= 0.3 is 68.9 Å². The van der Waals surface area contributed by atoms with E-state index in [0.29, 0.717) is 0 Å². The Bertz CT molecular complexity index is 7540. The van der Waals surface area contributed by atoms with Crippen LogP contribution in [0.3, 0.4) is 0 Å². The van der Waals surface area contributed by atoms with Crippen molar-refractivity contribution < 1.29 is 125 Å². The second-order valence-electron chi connectivity index (χ2n) is 32.7. The van der Waals surface area contributed by atoms with Gasteiger partial charge in [-0.15, -0.1) is 0 Å². The summed E-state index contributed by atoms with van der Waals surface area (Å²) in [6.07, 6.45) is -39.5. The van der Waals surface area contributed by atoms with Crippen molar-refractivity contribution in [2.45, 2.75) is 49.4 Å². The van der Waals surface area contributed by atoms with Gasteiger partial charge in [-0.05, 0) is 348 Å². The summed E-state index contributed by atoms with van der Waals surface area (Å²) >= 11 is 0. The van der Waals surface area contributed by atoms with E-state index < -0.39 is 93.9 Å². The third-order valence-corrected chi connectivity index (χ3v) is 24.1. The average Bonchev–Trinajstić information content (AvgIpc) is 1.63. The molecule has 0 saturated heterocycles. The molecule has 0 amide bonds. The minimum atomic E-state index is -4.94. The molecule has 5 heterocycles. The van der Waals surface area contributed by atoms with Gasteiger partial charge in [-0.2, -0.15) is 105 Å². The number of benzene rings is 16.